The van der Waals surface area contributed by atoms with Crippen LogP contribution in [0, 0.1) is 5.92 Å². The molecule has 1 heterocycles. The second kappa shape index (κ2) is 5.74. The quantitative estimate of drug-likeness (QED) is 0.886. The van der Waals surface area contributed by atoms with E-state index in [1.807, 2.05) is 12.1 Å². The van der Waals surface area contributed by atoms with Crippen molar-refractivity contribution < 1.29 is 0 Å². The van der Waals surface area contributed by atoms with Gasteiger partial charge in [0, 0.05) is 29.8 Å². The Labute approximate surface area is 109 Å². The molecule has 3 heteroatoms. The molecule has 1 unspecified atom stereocenters. The zero-order valence-corrected chi connectivity index (χ0v) is 11.4. The predicted octanol–water partition coefficient (Wildman–Crippen LogP) is 3.16. The van der Waals surface area contributed by atoms with Crippen molar-refractivity contribution in [2.24, 2.45) is 5.92 Å². The van der Waals surface area contributed by atoms with Crippen LogP contribution >= 0.6 is 11.6 Å². The molecule has 1 fully saturated rings. The first kappa shape index (κ1) is 12.7. The van der Waals surface area contributed by atoms with Crippen LogP contribution in [0.1, 0.15) is 20.3 Å². The van der Waals surface area contributed by atoms with E-state index in [2.05, 4.69) is 36.2 Å². The van der Waals surface area contributed by atoms with Crippen molar-refractivity contribution in [3.8, 4) is 0 Å². The van der Waals surface area contributed by atoms with Crippen LogP contribution in [0.3, 0.4) is 0 Å². The summed E-state index contributed by atoms with van der Waals surface area (Å²) in [7, 11) is 0. The summed E-state index contributed by atoms with van der Waals surface area (Å²) in [6.45, 7) is 7.84. The molecular formula is C14H21ClN2. The molecule has 2 rings (SSSR count). The first-order valence-corrected chi connectivity index (χ1v) is 6.77. The fourth-order valence-corrected chi connectivity index (χ4v) is 2.41. The molecule has 1 aliphatic heterocycles. The molecule has 1 aliphatic rings. The third-order valence-electron chi connectivity index (χ3n) is 3.29. The van der Waals surface area contributed by atoms with E-state index in [1.165, 1.54) is 12.1 Å². The Balaban J connectivity index is 1.87. The lowest BCUT2D eigenvalue weighted by atomic mass is 10.1. The van der Waals surface area contributed by atoms with Crippen molar-refractivity contribution in [2.45, 2.75) is 26.3 Å². The highest BCUT2D eigenvalue weighted by Gasteiger charge is 2.22. The number of rotatable bonds is 4. The maximum atomic E-state index is 5.90. The summed E-state index contributed by atoms with van der Waals surface area (Å²) in [6, 6.07) is 8.74. The van der Waals surface area contributed by atoms with Gasteiger partial charge >= 0.3 is 0 Å². The van der Waals surface area contributed by atoms with E-state index in [0.717, 1.165) is 30.6 Å². The van der Waals surface area contributed by atoms with Crippen LogP contribution in [0.5, 0.6) is 0 Å². The van der Waals surface area contributed by atoms with E-state index in [4.69, 9.17) is 11.6 Å². The molecule has 1 N–H and O–H groups in total. The molecule has 1 saturated heterocycles. The summed E-state index contributed by atoms with van der Waals surface area (Å²) >= 11 is 5.90. The molecule has 2 nitrogen and oxygen atoms in total. The zero-order valence-electron chi connectivity index (χ0n) is 10.6. The molecule has 0 bridgehead atoms. The summed E-state index contributed by atoms with van der Waals surface area (Å²) < 4.78 is 0. The predicted molar refractivity (Wildman–Crippen MR) is 74.9 cm³/mol. The minimum atomic E-state index is 0.583. The van der Waals surface area contributed by atoms with Crippen LogP contribution in [0.15, 0.2) is 24.3 Å². The maximum absolute atomic E-state index is 5.90. The molecule has 0 aromatic heterocycles. The van der Waals surface area contributed by atoms with Gasteiger partial charge in [0.1, 0.15) is 0 Å². The molecule has 17 heavy (non-hydrogen) atoms. The minimum absolute atomic E-state index is 0.583. The number of nitrogens with zero attached hydrogens (tertiary/aromatic N) is 1. The van der Waals surface area contributed by atoms with E-state index in [-0.39, 0.29) is 0 Å². The van der Waals surface area contributed by atoms with Crippen LogP contribution in [0.25, 0.3) is 0 Å². The third kappa shape index (κ3) is 3.62. The standard InChI is InChI=1S/C14H21ClN2/c1-11(2)16-9-12-7-8-17(10-12)14-5-3-13(15)4-6-14/h3-6,11-12,16H,7-10H2,1-2H3. The van der Waals surface area contributed by atoms with Gasteiger partial charge in [-0.2, -0.15) is 0 Å². The molecule has 0 spiro atoms. The Morgan fingerprint density at radius 1 is 1.35 bits per heavy atom. The van der Waals surface area contributed by atoms with Crippen molar-refractivity contribution in [2.75, 3.05) is 24.5 Å². The summed E-state index contributed by atoms with van der Waals surface area (Å²) in [5, 5.41) is 4.33. The smallest absolute Gasteiger partial charge is 0.0407 e. The summed E-state index contributed by atoms with van der Waals surface area (Å²) in [5.74, 6) is 0.771. The van der Waals surface area contributed by atoms with Crippen molar-refractivity contribution in [1.29, 1.82) is 0 Å². The topological polar surface area (TPSA) is 15.3 Å². The Bertz CT molecular complexity index is 348. The van der Waals surface area contributed by atoms with Crippen LogP contribution in [0.4, 0.5) is 5.69 Å². The fraction of sp³-hybridized carbons (Fsp3) is 0.571. The first-order valence-electron chi connectivity index (χ1n) is 6.39. The summed E-state index contributed by atoms with van der Waals surface area (Å²) in [4.78, 5) is 2.45. The fourth-order valence-electron chi connectivity index (χ4n) is 2.29. The second-order valence-corrected chi connectivity index (χ2v) is 5.58. The molecule has 0 radical (unpaired) electrons. The largest absolute Gasteiger partial charge is 0.371 e. The minimum Gasteiger partial charge on any atom is -0.371 e. The van der Waals surface area contributed by atoms with E-state index in [0.29, 0.717) is 6.04 Å². The Morgan fingerprint density at radius 2 is 2.06 bits per heavy atom. The summed E-state index contributed by atoms with van der Waals surface area (Å²) in [5.41, 5.74) is 1.29. The number of nitrogens with one attached hydrogen (secondary N) is 1. The normalized spacial score (nSPS) is 20.2. The SMILES string of the molecule is CC(C)NCC1CCN(c2ccc(Cl)cc2)C1. The van der Waals surface area contributed by atoms with E-state index >= 15 is 0 Å². The molecule has 1 aromatic rings. The van der Waals surface area contributed by atoms with E-state index in [1.54, 1.807) is 0 Å². The van der Waals surface area contributed by atoms with Gasteiger partial charge in [-0.1, -0.05) is 25.4 Å². The lowest BCUT2D eigenvalue weighted by molar-refractivity contribution is 0.480. The van der Waals surface area contributed by atoms with Gasteiger partial charge < -0.3 is 10.2 Å². The molecular weight excluding hydrogens is 232 g/mol. The van der Waals surface area contributed by atoms with E-state index in [9.17, 15) is 0 Å². The third-order valence-corrected chi connectivity index (χ3v) is 3.54. The van der Waals surface area contributed by atoms with Gasteiger partial charge in [-0.05, 0) is 43.1 Å². The van der Waals surface area contributed by atoms with Gasteiger partial charge in [-0.3, -0.25) is 0 Å². The first-order chi connectivity index (χ1) is 8.15. The molecule has 94 valence electrons. The molecule has 1 atom stereocenters. The van der Waals surface area contributed by atoms with Crippen LogP contribution in [-0.2, 0) is 0 Å². The van der Waals surface area contributed by atoms with Crippen LogP contribution in [0.2, 0.25) is 5.02 Å². The summed E-state index contributed by atoms with van der Waals surface area (Å²) in [6.07, 6.45) is 1.28. The van der Waals surface area contributed by atoms with Crippen molar-refractivity contribution in [3.63, 3.8) is 0 Å². The highest BCUT2D eigenvalue weighted by atomic mass is 35.5. The van der Waals surface area contributed by atoms with Crippen molar-refractivity contribution in [3.05, 3.63) is 29.3 Å². The number of halogens is 1. The van der Waals surface area contributed by atoms with Gasteiger partial charge in [0.05, 0.1) is 0 Å². The van der Waals surface area contributed by atoms with Crippen molar-refractivity contribution in [1.82, 2.24) is 5.32 Å². The number of benzene rings is 1. The number of anilines is 1. The zero-order chi connectivity index (χ0) is 12.3. The van der Waals surface area contributed by atoms with Crippen LogP contribution in [-0.4, -0.2) is 25.7 Å². The Kier molecular flexibility index (Phi) is 4.30. The lowest BCUT2D eigenvalue weighted by Crippen LogP contribution is -2.30. The maximum Gasteiger partial charge on any atom is 0.0407 e. The highest BCUT2D eigenvalue weighted by Crippen LogP contribution is 2.24. The van der Waals surface area contributed by atoms with Crippen molar-refractivity contribution >= 4 is 17.3 Å². The Hall–Kier alpha value is -0.730. The Morgan fingerprint density at radius 3 is 2.71 bits per heavy atom. The highest BCUT2D eigenvalue weighted by molar-refractivity contribution is 6.30. The van der Waals surface area contributed by atoms with Gasteiger partial charge in [0.25, 0.3) is 0 Å². The van der Waals surface area contributed by atoms with Gasteiger partial charge in [0.15, 0.2) is 0 Å². The average molecular weight is 253 g/mol. The van der Waals surface area contributed by atoms with Gasteiger partial charge in [-0.15, -0.1) is 0 Å². The second-order valence-electron chi connectivity index (χ2n) is 5.14. The number of hydrogen-bond acceptors (Lipinski definition) is 2. The lowest BCUT2D eigenvalue weighted by Gasteiger charge is -2.19. The van der Waals surface area contributed by atoms with Gasteiger partial charge in [0.2, 0.25) is 0 Å². The average Bonchev–Trinajstić information content (AvgIpc) is 2.76. The van der Waals surface area contributed by atoms with E-state index < -0.39 is 0 Å². The number of hydrogen-bond donors (Lipinski definition) is 1. The molecule has 1 aromatic carbocycles. The molecule has 0 amide bonds. The molecule has 0 saturated carbocycles. The van der Waals surface area contributed by atoms with Gasteiger partial charge in [-0.25, -0.2) is 0 Å². The molecule has 0 aliphatic carbocycles. The van der Waals surface area contributed by atoms with Crippen LogP contribution < -0.4 is 10.2 Å². The monoisotopic (exact) mass is 252 g/mol.